The van der Waals surface area contributed by atoms with Gasteiger partial charge in [0.15, 0.2) is 0 Å². The molecule has 5 nitrogen and oxygen atoms in total. The van der Waals surface area contributed by atoms with Crippen LogP contribution in [0.1, 0.15) is 11.1 Å². The van der Waals surface area contributed by atoms with Crippen molar-refractivity contribution in [3.8, 4) is 0 Å². The van der Waals surface area contributed by atoms with Gasteiger partial charge in [-0.25, -0.2) is 13.1 Å². The molecule has 0 aliphatic rings. The molecule has 0 spiro atoms. The Morgan fingerprint density at radius 3 is 2.50 bits per heavy atom. The third kappa shape index (κ3) is 2.96. The van der Waals surface area contributed by atoms with Gasteiger partial charge in [-0.2, -0.15) is 5.10 Å². The molecule has 0 bridgehead atoms. The summed E-state index contributed by atoms with van der Waals surface area (Å²) in [5, 5.41) is 3.98. The van der Waals surface area contributed by atoms with Crippen LogP contribution in [-0.2, 0) is 23.6 Å². The largest absolute Gasteiger partial charge is 0.275 e. The zero-order valence-electron chi connectivity index (χ0n) is 10.3. The Morgan fingerprint density at radius 1 is 1.28 bits per heavy atom. The first-order chi connectivity index (χ1) is 8.47. The molecule has 0 unspecified atom stereocenters. The molecule has 0 aliphatic heterocycles. The first-order valence-electron chi connectivity index (χ1n) is 5.51. The molecule has 1 N–H and O–H groups in total. The molecule has 6 heteroatoms. The Morgan fingerprint density at radius 2 is 1.94 bits per heavy atom. The van der Waals surface area contributed by atoms with Gasteiger partial charge in [-0.1, -0.05) is 17.7 Å². The fourth-order valence-electron chi connectivity index (χ4n) is 1.54. The van der Waals surface area contributed by atoms with E-state index in [4.69, 9.17) is 0 Å². The van der Waals surface area contributed by atoms with Gasteiger partial charge >= 0.3 is 0 Å². The number of aromatic nitrogens is 2. The summed E-state index contributed by atoms with van der Waals surface area (Å²) in [5.74, 6) is 0. The number of benzene rings is 1. The molecule has 0 fully saturated rings. The number of nitrogens with zero attached hydrogens (tertiary/aromatic N) is 2. The third-order valence-corrected chi connectivity index (χ3v) is 3.97. The number of aryl methyl sites for hydroxylation is 2. The summed E-state index contributed by atoms with van der Waals surface area (Å²) < 4.78 is 28.1. The predicted molar refractivity (Wildman–Crippen MR) is 68.4 cm³/mol. The van der Waals surface area contributed by atoms with Crippen LogP contribution in [0.3, 0.4) is 0 Å². The molecule has 1 aromatic carbocycles. The molecule has 2 rings (SSSR count). The SMILES string of the molecule is Cc1ccc(S(=O)(=O)NCc2cnn(C)c2)cc1. The van der Waals surface area contributed by atoms with Crippen LogP contribution < -0.4 is 4.72 Å². The fourth-order valence-corrected chi connectivity index (χ4v) is 2.56. The second kappa shape index (κ2) is 4.91. The number of nitrogens with one attached hydrogen (secondary N) is 1. The lowest BCUT2D eigenvalue weighted by Gasteiger charge is -2.05. The summed E-state index contributed by atoms with van der Waals surface area (Å²) in [4.78, 5) is 0.275. The van der Waals surface area contributed by atoms with E-state index in [2.05, 4.69) is 9.82 Å². The molecule has 18 heavy (non-hydrogen) atoms. The highest BCUT2D eigenvalue weighted by molar-refractivity contribution is 7.89. The van der Waals surface area contributed by atoms with Crippen LogP contribution in [0.5, 0.6) is 0 Å². The van der Waals surface area contributed by atoms with Crippen molar-refractivity contribution in [3.63, 3.8) is 0 Å². The summed E-state index contributed by atoms with van der Waals surface area (Å²) >= 11 is 0. The topological polar surface area (TPSA) is 64.0 Å². The Labute approximate surface area is 107 Å². The maximum atomic E-state index is 12.0. The number of sulfonamides is 1. The van der Waals surface area contributed by atoms with Gasteiger partial charge < -0.3 is 0 Å². The Hall–Kier alpha value is -1.66. The minimum Gasteiger partial charge on any atom is -0.275 e. The normalized spacial score (nSPS) is 11.7. The molecule has 0 aliphatic carbocycles. The Bertz CT molecular complexity index is 630. The minimum atomic E-state index is -3.45. The second-order valence-corrected chi connectivity index (χ2v) is 5.93. The lowest BCUT2D eigenvalue weighted by molar-refractivity contribution is 0.581. The van der Waals surface area contributed by atoms with Gasteiger partial charge in [0, 0.05) is 25.4 Å². The van der Waals surface area contributed by atoms with Crippen LogP contribution in [0.2, 0.25) is 0 Å². The molecule has 1 aromatic heterocycles. The van der Waals surface area contributed by atoms with Crippen LogP contribution in [0.4, 0.5) is 0 Å². The zero-order valence-corrected chi connectivity index (χ0v) is 11.1. The lowest BCUT2D eigenvalue weighted by atomic mass is 10.2. The maximum Gasteiger partial charge on any atom is 0.240 e. The molecule has 0 amide bonds. The fraction of sp³-hybridized carbons (Fsp3) is 0.250. The smallest absolute Gasteiger partial charge is 0.240 e. The highest BCUT2D eigenvalue weighted by Crippen LogP contribution is 2.10. The summed E-state index contributed by atoms with van der Waals surface area (Å²) in [5.41, 5.74) is 1.86. The average Bonchev–Trinajstić information content (AvgIpc) is 2.73. The Kier molecular flexibility index (Phi) is 3.49. The lowest BCUT2D eigenvalue weighted by Crippen LogP contribution is -2.23. The van der Waals surface area contributed by atoms with Crippen molar-refractivity contribution < 1.29 is 8.42 Å². The van der Waals surface area contributed by atoms with Gasteiger partial charge in [-0.15, -0.1) is 0 Å². The maximum absolute atomic E-state index is 12.0. The molecule has 2 aromatic rings. The monoisotopic (exact) mass is 265 g/mol. The standard InChI is InChI=1S/C12H15N3O2S/c1-10-3-5-12(6-4-10)18(16,17)14-8-11-7-13-15(2)9-11/h3-7,9,14H,8H2,1-2H3. The van der Waals surface area contributed by atoms with Gasteiger partial charge in [0.25, 0.3) is 0 Å². The average molecular weight is 265 g/mol. The number of rotatable bonds is 4. The van der Waals surface area contributed by atoms with Crippen LogP contribution in [0.25, 0.3) is 0 Å². The van der Waals surface area contributed by atoms with Crippen molar-refractivity contribution in [3.05, 3.63) is 47.8 Å². The molecule has 0 saturated heterocycles. The van der Waals surface area contributed by atoms with Crippen LogP contribution in [0, 0.1) is 6.92 Å². The predicted octanol–water partition coefficient (Wildman–Crippen LogP) is 1.21. The van der Waals surface area contributed by atoms with Gasteiger partial charge in [0.05, 0.1) is 11.1 Å². The van der Waals surface area contributed by atoms with Crippen molar-refractivity contribution >= 4 is 10.0 Å². The van der Waals surface area contributed by atoms with E-state index in [-0.39, 0.29) is 11.4 Å². The molecule has 96 valence electrons. The molecule has 0 saturated carbocycles. The van der Waals surface area contributed by atoms with Gasteiger partial charge in [0.2, 0.25) is 10.0 Å². The van der Waals surface area contributed by atoms with Gasteiger partial charge in [-0.3, -0.25) is 4.68 Å². The van der Waals surface area contributed by atoms with E-state index in [0.29, 0.717) is 0 Å². The summed E-state index contributed by atoms with van der Waals surface area (Å²) in [6.07, 6.45) is 3.41. The van der Waals surface area contributed by atoms with Crippen LogP contribution >= 0.6 is 0 Å². The molecule has 0 radical (unpaired) electrons. The van der Waals surface area contributed by atoms with E-state index in [9.17, 15) is 8.42 Å². The van der Waals surface area contributed by atoms with E-state index in [1.54, 1.807) is 48.4 Å². The Balaban J connectivity index is 2.10. The van der Waals surface area contributed by atoms with E-state index in [1.165, 1.54) is 0 Å². The van der Waals surface area contributed by atoms with E-state index < -0.39 is 10.0 Å². The zero-order chi connectivity index (χ0) is 13.2. The van der Waals surface area contributed by atoms with Crippen molar-refractivity contribution in [1.82, 2.24) is 14.5 Å². The molecular formula is C12H15N3O2S. The van der Waals surface area contributed by atoms with Crippen molar-refractivity contribution in [2.75, 3.05) is 0 Å². The van der Waals surface area contributed by atoms with Crippen molar-refractivity contribution in [1.29, 1.82) is 0 Å². The third-order valence-electron chi connectivity index (χ3n) is 2.56. The van der Waals surface area contributed by atoms with Gasteiger partial charge in [-0.05, 0) is 19.1 Å². The first-order valence-corrected chi connectivity index (χ1v) is 6.99. The van der Waals surface area contributed by atoms with Gasteiger partial charge in [0.1, 0.15) is 0 Å². The van der Waals surface area contributed by atoms with E-state index >= 15 is 0 Å². The summed E-state index contributed by atoms with van der Waals surface area (Å²) in [6.45, 7) is 2.16. The summed E-state index contributed by atoms with van der Waals surface area (Å²) in [7, 11) is -1.66. The van der Waals surface area contributed by atoms with E-state index in [1.807, 2.05) is 6.92 Å². The van der Waals surface area contributed by atoms with Crippen LogP contribution in [-0.4, -0.2) is 18.2 Å². The second-order valence-electron chi connectivity index (χ2n) is 4.16. The first kappa shape index (κ1) is 12.8. The highest BCUT2D eigenvalue weighted by atomic mass is 32.2. The minimum absolute atomic E-state index is 0.240. The van der Waals surface area contributed by atoms with E-state index in [0.717, 1.165) is 11.1 Å². The quantitative estimate of drug-likeness (QED) is 0.903. The van der Waals surface area contributed by atoms with Crippen molar-refractivity contribution in [2.24, 2.45) is 7.05 Å². The molecular weight excluding hydrogens is 250 g/mol. The van der Waals surface area contributed by atoms with Crippen molar-refractivity contribution in [2.45, 2.75) is 18.4 Å². The number of hydrogen-bond acceptors (Lipinski definition) is 3. The highest BCUT2D eigenvalue weighted by Gasteiger charge is 2.13. The number of hydrogen-bond donors (Lipinski definition) is 1. The van der Waals surface area contributed by atoms with Crippen LogP contribution in [0.15, 0.2) is 41.6 Å². The molecule has 0 atom stereocenters. The molecule has 1 heterocycles. The summed E-state index contributed by atoms with van der Waals surface area (Å²) in [6, 6.07) is 6.75.